The van der Waals surface area contributed by atoms with Crippen LogP contribution in [0, 0.1) is 10.8 Å². The van der Waals surface area contributed by atoms with Crippen molar-refractivity contribution in [2.75, 3.05) is 25.5 Å². The van der Waals surface area contributed by atoms with Crippen LogP contribution in [-0.2, 0) is 4.74 Å². The van der Waals surface area contributed by atoms with Crippen molar-refractivity contribution in [1.82, 2.24) is 5.32 Å². The number of hydrogen-bond donors (Lipinski definition) is 2. The zero-order valence-corrected chi connectivity index (χ0v) is 14.8. The summed E-state index contributed by atoms with van der Waals surface area (Å²) in [6, 6.07) is 0.590. The van der Waals surface area contributed by atoms with Crippen LogP contribution in [0.15, 0.2) is 0 Å². The second kappa shape index (κ2) is 7.48. The van der Waals surface area contributed by atoms with E-state index in [0.29, 0.717) is 18.1 Å². The monoisotopic (exact) mass is 303 g/mol. The summed E-state index contributed by atoms with van der Waals surface area (Å²) >= 11 is 2.09. The van der Waals surface area contributed by atoms with Crippen molar-refractivity contribution in [3.8, 4) is 0 Å². The van der Waals surface area contributed by atoms with E-state index in [9.17, 15) is 0 Å². The lowest BCUT2D eigenvalue weighted by Gasteiger charge is -2.32. The Labute approximate surface area is 129 Å². The second-order valence-electron chi connectivity index (χ2n) is 7.98. The maximum absolute atomic E-state index is 8.94. The molecule has 1 rings (SSSR count). The summed E-state index contributed by atoms with van der Waals surface area (Å²) in [5, 5.41) is 13.3. The van der Waals surface area contributed by atoms with Gasteiger partial charge in [-0.25, -0.2) is 0 Å². The average molecular weight is 304 g/mol. The number of aliphatic hydroxyl groups excluding tert-OH is 1. The molecular formula is C16H33NO2S. The zero-order chi connectivity index (χ0) is 15.4. The zero-order valence-electron chi connectivity index (χ0n) is 14.0. The maximum atomic E-state index is 8.94. The third kappa shape index (κ3) is 5.92. The summed E-state index contributed by atoms with van der Waals surface area (Å²) in [4.78, 5) is 0. The molecule has 1 fully saturated rings. The highest BCUT2D eigenvalue weighted by Gasteiger charge is 2.34. The van der Waals surface area contributed by atoms with Crippen LogP contribution in [0.3, 0.4) is 0 Å². The Morgan fingerprint density at radius 1 is 1.25 bits per heavy atom. The normalized spacial score (nSPS) is 25.9. The van der Waals surface area contributed by atoms with Crippen LogP contribution < -0.4 is 5.32 Å². The van der Waals surface area contributed by atoms with E-state index in [2.05, 4.69) is 58.6 Å². The summed E-state index contributed by atoms with van der Waals surface area (Å²) in [6.07, 6.45) is 1.39. The Kier molecular flexibility index (Phi) is 6.84. The van der Waals surface area contributed by atoms with Gasteiger partial charge >= 0.3 is 0 Å². The van der Waals surface area contributed by atoms with E-state index in [1.807, 2.05) is 0 Å². The molecule has 1 saturated heterocycles. The van der Waals surface area contributed by atoms with Crippen molar-refractivity contribution in [2.45, 2.75) is 65.4 Å². The molecule has 0 aromatic rings. The lowest BCUT2D eigenvalue weighted by Crippen LogP contribution is -2.43. The molecule has 1 heterocycles. The SMILES string of the molecule is CC(C)(C)C(CNC1CSC(C(C)(C)C)C1)OCCO. The van der Waals surface area contributed by atoms with Gasteiger partial charge in [0, 0.05) is 23.6 Å². The van der Waals surface area contributed by atoms with E-state index in [-0.39, 0.29) is 18.1 Å². The quantitative estimate of drug-likeness (QED) is 0.792. The van der Waals surface area contributed by atoms with Crippen LogP contribution in [0.1, 0.15) is 48.0 Å². The Morgan fingerprint density at radius 2 is 1.90 bits per heavy atom. The number of ether oxygens (including phenoxy) is 1. The minimum Gasteiger partial charge on any atom is -0.394 e. The summed E-state index contributed by atoms with van der Waals surface area (Å²) in [6.45, 7) is 14.9. The molecule has 1 aliphatic rings. The fourth-order valence-corrected chi connectivity index (χ4v) is 4.04. The van der Waals surface area contributed by atoms with E-state index in [1.165, 1.54) is 12.2 Å². The molecule has 120 valence electrons. The van der Waals surface area contributed by atoms with E-state index >= 15 is 0 Å². The Morgan fingerprint density at radius 3 is 2.35 bits per heavy atom. The minimum atomic E-state index is 0.0946. The molecule has 0 aromatic carbocycles. The predicted octanol–water partition coefficient (Wildman–Crippen LogP) is 2.92. The predicted molar refractivity (Wildman–Crippen MR) is 88.4 cm³/mol. The molecule has 3 nitrogen and oxygen atoms in total. The fourth-order valence-electron chi connectivity index (χ4n) is 2.46. The van der Waals surface area contributed by atoms with Crippen molar-refractivity contribution in [3.63, 3.8) is 0 Å². The third-order valence-electron chi connectivity index (χ3n) is 3.93. The number of hydrogen-bond acceptors (Lipinski definition) is 4. The first-order chi connectivity index (χ1) is 9.14. The molecule has 3 atom stereocenters. The molecule has 0 aromatic heterocycles. The van der Waals surface area contributed by atoms with E-state index in [0.717, 1.165) is 11.8 Å². The van der Waals surface area contributed by atoms with Gasteiger partial charge < -0.3 is 15.2 Å². The van der Waals surface area contributed by atoms with Gasteiger partial charge in [-0.2, -0.15) is 11.8 Å². The lowest BCUT2D eigenvalue weighted by atomic mass is 9.87. The second-order valence-corrected chi connectivity index (χ2v) is 9.21. The van der Waals surface area contributed by atoms with Gasteiger partial charge in [-0.1, -0.05) is 41.5 Å². The number of nitrogens with one attached hydrogen (secondary N) is 1. The summed E-state index contributed by atoms with van der Waals surface area (Å²) in [5.74, 6) is 1.19. The first-order valence-corrected chi connectivity index (χ1v) is 8.77. The van der Waals surface area contributed by atoms with Crippen LogP contribution >= 0.6 is 11.8 Å². The summed E-state index contributed by atoms with van der Waals surface area (Å²) < 4.78 is 5.79. The van der Waals surface area contributed by atoms with Crippen LogP contribution in [0.5, 0.6) is 0 Å². The van der Waals surface area contributed by atoms with Crippen LogP contribution in [0.25, 0.3) is 0 Å². The Hall–Kier alpha value is 0.230. The molecule has 0 bridgehead atoms. The molecule has 2 N–H and O–H groups in total. The molecule has 20 heavy (non-hydrogen) atoms. The van der Waals surface area contributed by atoms with Gasteiger partial charge in [-0.05, 0) is 17.3 Å². The molecule has 1 aliphatic heterocycles. The van der Waals surface area contributed by atoms with Crippen LogP contribution in [0.2, 0.25) is 0 Å². The van der Waals surface area contributed by atoms with Gasteiger partial charge in [-0.3, -0.25) is 0 Å². The van der Waals surface area contributed by atoms with Crippen molar-refractivity contribution in [1.29, 1.82) is 0 Å². The molecule has 0 aliphatic carbocycles. The van der Waals surface area contributed by atoms with E-state index < -0.39 is 0 Å². The first kappa shape index (κ1) is 18.3. The number of thioether (sulfide) groups is 1. The van der Waals surface area contributed by atoms with Gasteiger partial charge in [0.2, 0.25) is 0 Å². The maximum Gasteiger partial charge on any atom is 0.0748 e. The molecule has 0 amide bonds. The molecule has 3 unspecified atom stereocenters. The van der Waals surface area contributed by atoms with Gasteiger partial charge in [-0.15, -0.1) is 0 Å². The molecular weight excluding hydrogens is 270 g/mol. The van der Waals surface area contributed by atoms with Crippen molar-refractivity contribution >= 4 is 11.8 Å². The Balaban J connectivity index is 2.41. The number of rotatable bonds is 6. The van der Waals surface area contributed by atoms with Crippen LogP contribution in [0.4, 0.5) is 0 Å². The van der Waals surface area contributed by atoms with Gasteiger partial charge in [0.15, 0.2) is 0 Å². The summed E-state index contributed by atoms with van der Waals surface area (Å²) in [5.41, 5.74) is 0.481. The highest BCUT2D eigenvalue weighted by atomic mass is 32.2. The highest BCUT2D eigenvalue weighted by molar-refractivity contribution is 8.00. The van der Waals surface area contributed by atoms with Crippen molar-refractivity contribution in [3.05, 3.63) is 0 Å². The van der Waals surface area contributed by atoms with Crippen molar-refractivity contribution < 1.29 is 9.84 Å². The first-order valence-electron chi connectivity index (χ1n) is 7.72. The molecule has 0 saturated carbocycles. The highest BCUT2D eigenvalue weighted by Crippen LogP contribution is 2.39. The minimum absolute atomic E-state index is 0.0946. The molecule has 4 heteroatoms. The third-order valence-corrected chi connectivity index (χ3v) is 5.83. The largest absolute Gasteiger partial charge is 0.394 e. The molecule has 0 spiro atoms. The molecule has 0 radical (unpaired) electrons. The summed E-state index contributed by atoms with van der Waals surface area (Å²) in [7, 11) is 0. The van der Waals surface area contributed by atoms with E-state index in [4.69, 9.17) is 9.84 Å². The lowest BCUT2D eigenvalue weighted by molar-refractivity contribution is -0.0310. The van der Waals surface area contributed by atoms with Gasteiger partial charge in [0.25, 0.3) is 0 Å². The average Bonchev–Trinajstić information content (AvgIpc) is 2.75. The van der Waals surface area contributed by atoms with E-state index in [1.54, 1.807) is 0 Å². The van der Waals surface area contributed by atoms with Crippen LogP contribution in [-0.4, -0.2) is 48.0 Å². The standard InChI is InChI=1S/C16H33NO2S/c1-15(2,3)13(19-8-7-18)10-17-12-9-14(20-11-12)16(4,5)6/h12-14,17-18H,7-11H2,1-6H3. The Bertz CT molecular complexity index is 283. The number of aliphatic hydroxyl groups is 1. The van der Waals surface area contributed by atoms with Crippen molar-refractivity contribution in [2.24, 2.45) is 10.8 Å². The topological polar surface area (TPSA) is 41.5 Å². The van der Waals surface area contributed by atoms with Gasteiger partial charge in [0.05, 0.1) is 19.3 Å². The smallest absolute Gasteiger partial charge is 0.0748 e. The van der Waals surface area contributed by atoms with Gasteiger partial charge in [0.1, 0.15) is 0 Å². The fraction of sp³-hybridized carbons (Fsp3) is 1.00.